The molecule has 1 saturated heterocycles. The smallest absolute Gasteiger partial charge is 0.0558 e. The number of rotatable bonds is 2. The summed E-state index contributed by atoms with van der Waals surface area (Å²) in [5.74, 6) is 0. The van der Waals surface area contributed by atoms with E-state index in [1.54, 1.807) is 0 Å². The Kier molecular flexibility index (Phi) is 3.83. The molecule has 0 amide bonds. The average Bonchev–Trinajstić information content (AvgIpc) is 2.17. The lowest BCUT2D eigenvalue weighted by atomic mass is 10.4. The lowest BCUT2D eigenvalue weighted by molar-refractivity contribution is 0.200. The van der Waals surface area contributed by atoms with Crippen LogP contribution in [0.1, 0.15) is 6.42 Å². The van der Waals surface area contributed by atoms with Gasteiger partial charge < -0.3 is 10.0 Å². The van der Waals surface area contributed by atoms with E-state index in [9.17, 15) is 0 Å². The van der Waals surface area contributed by atoms with Gasteiger partial charge in [-0.1, -0.05) is 0 Å². The number of hydrogen-bond acceptors (Lipinski definition) is 3. The molecule has 66 valence electrons. The molecule has 0 aromatic carbocycles. The van der Waals surface area contributed by atoms with Crippen molar-refractivity contribution >= 4 is 0 Å². The molecule has 0 saturated carbocycles. The third kappa shape index (κ3) is 3.18. The maximum Gasteiger partial charge on any atom is 0.0558 e. The van der Waals surface area contributed by atoms with Gasteiger partial charge in [0, 0.05) is 19.6 Å². The first-order valence-corrected chi connectivity index (χ1v) is 4.34. The van der Waals surface area contributed by atoms with Gasteiger partial charge in [0.2, 0.25) is 0 Å². The Morgan fingerprint density at radius 2 is 2.00 bits per heavy atom. The fraction of sp³-hybridized carbons (Fsp3) is 1.00. The highest BCUT2D eigenvalue weighted by atomic mass is 16.3. The first-order valence-electron chi connectivity index (χ1n) is 4.34. The van der Waals surface area contributed by atoms with Gasteiger partial charge in [0.25, 0.3) is 0 Å². The molecule has 0 bridgehead atoms. The first-order chi connectivity index (χ1) is 5.33. The molecule has 1 rings (SSSR count). The van der Waals surface area contributed by atoms with Gasteiger partial charge in [-0.05, 0) is 26.6 Å². The molecule has 1 aliphatic heterocycles. The highest BCUT2D eigenvalue weighted by Crippen LogP contribution is 1.99. The zero-order chi connectivity index (χ0) is 8.10. The molecule has 1 N–H and O–H groups in total. The molecular formula is C8H18N2O. The Balaban J connectivity index is 2.22. The maximum atomic E-state index is 8.72. The van der Waals surface area contributed by atoms with E-state index in [2.05, 4.69) is 16.8 Å². The van der Waals surface area contributed by atoms with Gasteiger partial charge in [-0.25, -0.2) is 0 Å². The molecule has 0 aliphatic carbocycles. The topological polar surface area (TPSA) is 26.7 Å². The molecule has 1 aliphatic rings. The molecule has 0 spiro atoms. The minimum Gasteiger partial charge on any atom is -0.395 e. The van der Waals surface area contributed by atoms with Crippen molar-refractivity contribution in [3.05, 3.63) is 0 Å². The van der Waals surface area contributed by atoms with Gasteiger partial charge in [0.15, 0.2) is 0 Å². The summed E-state index contributed by atoms with van der Waals surface area (Å²) in [7, 11) is 2.16. The standard InChI is InChI=1S/C8H18N2O/c1-9-3-2-4-10(6-5-9)7-8-11/h11H,2-8H2,1H3. The quantitative estimate of drug-likeness (QED) is 0.593. The maximum absolute atomic E-state index is 8.72. The van der Waals surface area contributed by atoms with Crippen LogP contribution < -0.4 is 0 Å². The van der Waals surface area contributed by atoms with Crippen LogP contribution in [0.15, 0.2) is 0 Å². The Labute approximate surface area is 68.6 Å². The van der Waals surface area contributed by atoms with Crippen LogP contribution in [0.5, 0.6) is 0 Å². The molecule has 1 fully saturated rings. The molecule has 3 nitrogen and oxygen atoms in total. The van der Waals surface area contributed by atoms with Gasteiger partial charge in [-0.15, -0.1) is 0 Å². The van der Waals surface area contributed by atoms with Crippen molar-refractivity contribution in [3.8, 4) is 0 Å². The van der Waals surface area contributed by atoms with E-state index in [4.69, 9.17) is 5.11 Å². The summed E-state index contributed by atoms with van der Waals surface area (Å²) < 4.78 is 0. The Morgan fingerprint density at radius 1 is 1.18 bits per heavy atom. The molecule has 0 unspecified atom stereocenters. The molecule has 1 heterocycles. The molecule has 0 radical (unpaired) electrons. The lowest BCUT2D eigenvalue weighted by Crippen LogP contribution is -2.31. The number of aliphatic hydroxyl groups excluding tert-OH is 1. The number of nitrogens with zero attached hydrogens (tertiary/aromatic N) is 2. The van der Waals surface area contributed by atoms with E-state index in [0.29, 0.717) is 6.61 Å². The van der Waals surface area contributed by atoms with Gasteiger partial charge >= 0.3 is 0 Å². The van der Waals surface area contributed by atoms with Gasteiger partial charge in [-0.3, -0.25) is 4.90 Å². The van der Waals surface area contributed by atoms with Crippen molar-refractivity contribution in [1.82, 2.24) is 9.80 Å². The monoisotopic (exact) mass is 158 g/mol. The van der Waals surface area contributed by atoms with Gasteiger partial charge in [0.05, 0.1) is 6.61 Å². The van der Waals surface area contributed by atoms with Crippen LogP contribution in [0, 0.1) is 0 Å². The van der Waals surface area contributed by atoms with E-state index in [1.807, 2.05) is 0 Å². The molecule has 0 aromatic heterocycles. The second kappa shape index (κ2) is 4.70. The summed E-state index contributed by atoms with van der Waals surface area (Å²) in [5.41, 5.74) is 0. The second-order valence-electron chi connectivity index (χ2n) is 3.22. The average molecular weight is 158 g/mol. The van der Waals surface area contributed by atoms with Crippen LogP contribution >= 0.6 is 0 Å². The van der Waals surface area contributed by atoms with Crippen molar-refractivity contribution < 1.29 is 5.11 Å². The Bertz CT molecular complexity index is 108. The fourth-order valence-electron chi connectivity index (χ4n) is 1.47. The summed E-state index contributed by atoms with van der Waals surface area (Å²) in [4.78, 5) is 4.67. The molecular weight excluding hydrogens is 140 g/mol. The van der Waals surface area contributed by atoms with Gasteiger partial charge in [0.1, 0.15) is 0 Å². The summed E-state index contributed by atoms with van der Waals surface area (Å²) in [6.45, 7) is 5.72. The van der Waals surface area contributed by atoms with Crippen LogP contribution in [0.25, 0.3) is 0 Å². The lowest BCUT2D eigenvalue weighted by Gasteiger charge is -2.18. The highest BCUT2D eigenvalue weighted by molar-refractivity contribution is 4.66. The van der Waals surface area contributed by atoms with E-state index in [0.717, 1.165) is 26.2 Å². The molecule has 3 heteroatoms. The van der Waals surface area contributed by atoms with Crippen LogP contribution in [-0.2, 0) is 0 Å². The third-order valence-electron chi connectivity index (χ3n) is 2.23. The second-order valence-corrected chi connectivity index (χ2v) is 3.22. The number of β-amino-alcohol motifs (C(OH)–C–C–N with tert-alkyl or cyclic N) is 1. The Hall–Kier alpha value is -0.120. The summed E-state index contributed by atoms with van der Waals surface area (Å²) >= 11 is 0. The van der Waals surface area contributed by atoms with E-state index in [1.165, 1.54) is 13.0 Å². The summed E-state index contributed by atoms with van der Waals surface area (Å²) in [6.07, 6.45) is 1.23. The minimum atomic E-state index is 0.295. The minimum absolute atomic E-state index is 0.295. The normalized spacial score (nSPS) is 23.5. The summed E-state index contributed by atoms with van der Waals surface area (Å²) in [5, 5.41) is 8.72. The van der Waals surface area contributed by atoms with Crippen LogP contribution in [-0.4, -0.2) is 61.3 Å². The van der Waals surface area contributed by atoms with Gasteiger partial charge in [-0.2, -0.15) is 0 Å². The van der Waals surface area contributed by atoms with Crippen molar-refractivity contribution in [2.24, 2.45) is 0 Å². The van der Waals surface area contributed by atoms with E-state index >= 15 is 0 Å². The van der Waals surface area contributed by atoms with Crippen molar-refractivity contribution in [1.29, 1.82) is 0 Å². The van der Waals surface area contributed by atoms with E-state index < -0.39 is 0 Å². The van der Waals surface area contributed by atoms with Crippen molar-refractivity contribution in [2.45, 2.75) is 6.42 Å². The number of likely N-dealkylation sites (N-methyl/N-ethyl adjacent to an activating group) is 1. The van der Waals surface area contributed by atoms with E-state index in [-0.39, 0.29) is 0 Å². The van der Waals surface area contributed by atoms with Crippen molar-refractivity contribution in [2.75, 3.05) is 46.4 Å². The zero-order valence-corrected chi connectivity index (χ0v) is 7.29. The first kappa shape index (κ1) is 8.97. The fourth-order valence-corrected chi connectivity index (χ4v) is 1.47. The van der Waals surface area contributed by atoms with Crippen LogP contribution in [0.3, 0.4) is 0 Å². The zero-order valence-electron chi connectivity index (χ0n) is 7.29. The molecule has 0 aromatic rings. The van der Waals surface area contributed by atoms with Crippen LogP contribution in [0.4, 0.5) is 0 Å². The van der Waals surface area contributed by atoms with Crippen LogP contribution in [0.2, 0.25) is 0 Å². The highest BCUT2D eigenvalue weighted by Gasteiger charge is 2.10. The largest absolute Gasteiger partial charge is 0.395 e. The predicted molar refractivity (Wildman–Crippen MR) is 45.6 cm³/mol. The predicted octanol–water partition coefficient (Wildman–Crippen LogP) is -0.384. The third-order valence-corrected chi connectivity index (χ3v) is 2.23. The number of aliphatic hydroxyl groups is 1. The Morgan fingerprint density at radius 3 is 2.73 bits per heavy atom. The number of hydrogen-bond donors (Lipinski definition) is 1. The summed E-state index contributed by atoms with van der Waals surface area (Å²) in [6, 6.07) is 0. The molecule has 11 heavy (non-hydrogen) atoms. The SMILES string of the molecule is CN1CCCN(CCO)CC1. The molecule has 0 atom stereocenters. The van der Waals surface area contributed by atoms with Crippen molar-refractivity contribution in [3.63, 3.8) is 0 Å².